The van der Waals surface area contributed by atoms with Crippen molar-refractivity contribution >= 4 is 16.0 Å². The molecule has 6 nitrogen and oxygen atoms in total. The molecule has 2 atom stereocenters. The third kappa shape index (κ3) is 33.5. The Balaban J connectivity index is 4.05. The molecule has 0 aromatic carbocycles. The first kappa shape index (κ1) is 43.3. The van der Waals surface area contributed by atoms with Crippen molar-refractivity contribution in [3.05, 3.63) is 48.6 Å². The Hall–Kier alpha value is -1.70. The Morgan fingerprint density at radius 1 is 0.578 bits per heavy atom. The fourth-order valence-corrected chi connectivity index (χ4v) is 5.91. The van der Waals surface area contributed by atoms with Crippen LogP contribution in [0.1, 0.15) is 168 Å². The standard InChI is InChI=1S/C38H69NO5S/c1-3-5-7-9-11-13-15-17-18-19-20-22-24-26-28-30-32-34-38(41)39-36(35-45(42,43)44)37(40)33-31-29-27-25-23-21-16-14-12-10-8-6-4-2/h12,14,17-18,23,25,31,33,36-37,40H,3-11,13,15-16,19-22,24,26-30,32,34-35H2,1-2H3,(H,39,41)(H,42,43,44)/b14-12+,18-17-,25-23+,33-31+. The molecule has 0 fully saturated rings. The van der Waals surface area contributed by atoms with Crippen molar-refractivity contribution in [1.29, 1.82) is 0 Å². The Labute approximate surface area is 278 Å². The van der Waals surface area contributed by atoms with E-state index in [2.05, 4.69) is 55.6 Å². The van der Waals surface area contributed by atoms with Crippen molar-refractivity contribution in [1.82, 2.24) is 5.32 Å². The average molecular weight is 652 g/mol. The molecule has 262 valence electrons. The van der Waals surface area contributed by atoms with E-state index in [-0.39, 0.29) is 12.3 Å². The number of amides is 1. The number of carbonyl (C=O) groups is 1. The van der Waals surface area contributed by atoms with Crippen LogP contribution in [-0.2, 0) is 14.9 Å². The second-order valence-corrected chi connectivity index (χ2v) is 14.0. The van der Waals surface area contributed by atoms with Gasteiger partial charge in [0.25, 0.3) is 10.1 Å². The van der Waals surface area contributed by atoms with Crippen LogP contribution in [0.4, 0.5) is 0 Å². The molecule has 0 bridgehead atoms. The summed E-state index contributed by atoms with van der Waals surface area (Å²) in [5.41, 5.74) is 0. The number of allylic oxidation sites excluding steroid dienone is 7. The van der Waals surface area contributed by atoms with Crippen LogP contribution in [0.5, 0.6) is 0 Å². The molecular formula is C38H69NO5S. The predicted octanol–water partition coefficient (Wildman–Crippen LogP) is 10.3. The fourth-order valence-electron chi connectivity index (χ4n) is 5.18. The molecule has 0 radical (unpaired) electrons. The van der Waals surface area contributed by atoms with E-state index < -0.39 is 28.0 Å². The van der Waals surface area contributed by atoms with E-state index in [4.69, 9.17) is 0 Å². The lowest BCUT2D eigenvalue weighted by Gasteiger charge is -2.21. The van der Waals surface area contributed by atoms with Crippen molar-refractivity contribution < 1.29 is 22.9 Å². The molecule has 0 saturated heterocycles. The van der Waals surface area contributed by atoms with E-state index in [1.807, 2.05) is 0 Å². The van der Waals surface area contributed by atoms with Gasteiger partial charge in [-0.1, -0.05) is 140 Å². The van der Waals surface area contributed by atoms with Gasteiger partial charge in [-0.2, -0.15) is 8.42 Å². The molecule has 45 heavy (non-hydrogen) atoms. The Morgan fingerprint density at radius 2 is 0.956 bits per heavy atom. The minimum Gasteiger partial charge on any atom is -0.387 e. The third-order valence-corrected chi connectivity index (χ3v) is 8.74. The fraction of sp³-hybridized carbons (Fsp3) is 0.763. The van der Waals surface area contributed by atoms with Crippen molar-refractivity contribution in [2.24, 2.45) is 0 Å². The van der Waals surface area contributed by atoms with E-state index in [0.717, 1.165) is 57.8 Å². The molecule has 2 unspecified atom stereocenters. The maximum atomic E-state index is 12.4. The minimum atomic E-state index is -4.35. The zero-order valence-electron chi connectivity index (χ0n) is 29.0. The number of carbonyl (C=O) groups excluding carboxylic acids is 1. The molecular weight excluding hydrogens is 582 g/mol. The molecule has 1 amide bonds. The van der Waals surface area contributed by atoms with E-state index in [9.17, 15) is 22.9 Å². The van der Waals surface area contributed by atoms with Gasteiger partial charge in [-0.25, -0.2) is 0 Å². The summed E-state index contributed by atoms with van der Waals surface area (Å²) in [4.78, 5) is 12.4. The van der Waals surface area contributed by atoms with Crippen LogP contribution in [0.25, 0.3) is 0 Å². The molecule has 3 N–H and O–H groups in total. The highest BCUT2D eigenvalue weighted by molar-refractivity contribution is 7.85. The summed E-state index contributed by atoms with van der Waals surface area (Å²) in [5, 5.41) is 13.1. The highest BCUT2D eigenvalue weighted by Crippen LogP contribution is 2.12. The Kier molecular flexibility index (Phi) is 31.0. The molecule has 7 heteroatoms. The first-order chi connectivity index (χ1) is 21.8. The smallest absolute Gasteiger partial charge is 0.267 e. The minimum absolute atomic E-state index is 0.278. The molecule has 0 aromatic heterocycles. The summed E-state index contributed by atoms with van der Waals surface area (Å²) in [6.07, 6.45) is 42.3. The SMILES string of the molecule is CCCCC/C=C/CC/C=C/CC/C=C/C(O)C(CS(=O)(=O)O)NC(=O)CCCCCCCCC/C=C\CCCCCCCC. The lowest BCUT2D eigenvalue weighted by atomic mass is 10.1. The second-order valence-electron chi connectivity index (χ2n) is 12.5. The first-order valence-electron chi connectivity index (χ1n) is 18.3. The molecule has 0 heterocycles. The van der Waals surface area contributed by atoms with Crippen molar-refractivity contribution in [3.63, 3.8) is 0 Å². The van der Waals surface area contributed by atoms with Gasteiger partial charge in [-0.3, -0.25) is 9.35 Å². The van der Waals surface area contributed by atoms with Crippen LogP contribution in [0.15, 0.2) is 48.6 Å². The summed E-state index contributed by atoms with van der Waals surface area (Å²) in [6.45, 7) is 4.47. The second kappa shape index (κ2) is 32.2. The summed E-state index contributed by atoms with van der Waals surface area (Å²) in [5.74, 6) is -1.02. The van der Waals surface area contributed by atoms with Crippen molar-refractivity contribution in [2.45, 2.75) is 180 Å². The van der Waals surface area contributed by atoms with Crippen molar-refractivity contribution in [2.75, 3.05) is 5.75 Å². The van der Waals surface area contributed by atoms with Gasteiger partial charge in [0.05, 0.1) is 17.9 Å². The molecule has 0 rings (SSSR count). The van der Waals surface area contributed by atoms with Crippen LogP contribution in [0.3, 0.4) is 0 Å². The topological polar surface area (TPSA) is 104 Å². The van der Waals surface area contributed by atoms with Gasteiger partial charge in [-0.15, -0.1) is 0 Å². The number of nitrogens with one attached hydrogen (secondary N) is 1. The Bertz CT molecular complexity index is 894. The van der Waals surface area contributed by atoms with Crippen LogP contribution in [0.2, 0.25) is 0 Å². The van der Waals surface area contributed by atoms with E-state index in [0.29, 0.717) is 6.42 Å². The van der Waals surface area contributed by atoms with Gasteiger partial charge < -0.3 is 10.4 Å². The number of hydrogen-bond donors (Lipinski definition) is 3. The zero-order valence-corrected chi connectivity index (χ0v) is 29.8. The van der Waals surface area contributed by atoms with E-state index in [1.54, 1.807) is 6.08 Å². The lowest BCUT2D eigenvalue weighted by Crippen LogP contribution is -2.46. The maximum Gasteiger partial charge on any atom is 0.267 e. The summed E-state index contributed by atoms with van der Waals surface area (Å²) >= 11 is 0. The first-order valence-corrected chi connectivity index (χ1v) is 19.9. The van der Waals surface area contributed by atoms with Gasteiger partial charge >= 0.3 is 0 Å². The number of rotatable bonds is 32. The molecule has 0 aliphatic rings. The summed E-state index contributed by atoms with van der Waals surface area (Å²) < 4.78 is 32.3. The molecule has 0 aliphatic carbocycles. The van der Waals surface area contributed by atoms with Gasteiger partial charge in [0.15, 0.2) is 0 Å². The van der Waals surface area contributed by atoms with Crippen molar-refractivity contribution in [3.8, 4) is 0 Å². The Morgan fingerprint density at radius 3 is 1.44 bits per heavy atom. The predicted molar refractivity (Wildman–Crippen MR) is 193 cm³/mol. The van der Waals surface area contributed by atoms with Crippen LogP contribution in [-0.4, -0.2) is 41.9 Å². The third-order valence-electron chi connectivity index (χ3n) is 7.96. The van der Waals surface area contributed by atoms with Gasteiger partial charge in [-0.05, 0) is 70.6 Å². The monoisotopic (exact) mass is 651 g/mol. The number of unbranched alkanes of at least 4 members (excludes halogenated alkanes) is 18. The van der Waals surface area contributed by atoms with Gasteiger partial charge in [0.2, 0.25) is 5.91 Å². The van der Waals surface area contributed by atoms with Gasteiger partial charge in [0.1, 0.15) is 0 Å². The zero-order chi connectivity index (χ0) is 33.3. The number of hydrogen-bond acceptors (Lipinski definition) is 4. The quantitative estimate of drug-likeness (QED) is 0.0381. The van der Waals surface area contributed by atoms with E-state index >= 15 is 0 Å². The van der Waals surface area contributed by atoms with Crippen LogP contribution < -0.4 is 5.32 Å². The molecule has 0 aromatic rings. The largest absolute Gasteiger partial charge is 0.387 e. The average Bonchev–Trinajstić information content (AvgIpc) is 3.00. The molecule has 0 spiro atoms. The van der Waals surface area contributed by atoms with Gasteiger partial charge in [0, 0.05) is 6.42 Å². The number of aliphatic hydroxyl groups is 1. The van der Waals surface area contributed by atoms with E-state index in [1.165, 1.54) is 89.5 Å². The normalized spacial score (nSPS) is 14.0. The highest BCUT2D eigenvalue weighted by Gasteiger charge is 2.24. The van der Waals surface area contributed by atoms with Crippen LogP contribution in [0, 0.1) is 0 Å². The van der Waals surface area contributed by atoms with Crippen LogP contribution >= 0.6 is 0 Å². The highest BCUT2D eigenvalue weighted by atomic mass is 32.2. The summed E-state index contributed by atoms with van der Waals surface area (Å²) in [6, 6.07) is -1.08. The summed E-state index contributed by atoms with van der Waals surface area (Å²) in [7, 11) is -4.35. The lowest BCUT2D eigenvalue weighted by molar-refractivity contribution is -0.122. The number of aliphatic hydroxyl groups excluding tert-OH is 1. The molecule has 0 saturated carbocycles. The maximum absolute atomic E-state index is 12.4. The molecule has 0 aliphatic heterocycles.